The number of amides is 2. The van der Waals surface area contributed by atoms with E-state index in [0.29, 0.717) is 5.02 Å². The number of anilines is 1. The molecular weight excluding hydrogens is 284 g/mol. The van der Waals surface area contributed by atoms with E-state index in [1.807, 2.05) is 41.3 Å². The fourth-order valence-corrected chi connectivity index (χ4v) is 3.87. The molecule has 2 aliphatic heterocycles. The number of fused-ring (bicyclic) bond motifs is 3. The van der Waals surface area contributed by atoms with Gasteiger partial charge in [-0.05, 0) is 36.6 Å². The van der Waals surface area contributed by atoms with Crippen molar-refractivity contribution in [3.63, 3.8) is 0 Å². The monoisotopic (exact) mass is 298 g/mol. The smallest absolute Gasteiger partial charge is 0.311 e. The average Bonchev–Trinajstić information content (AvgIpc) is 2.96. The molecule has 2 heterocycles. The van der Waals surface area contributed by atoms with Crippen molar-refractivity contribution in [3.8, 4) is 0 Å². The molecule has 3 nitrogen and oxygen atoms in total. The topological polar surface area (TPSA) is 32.3 Å². The van der Waals surface area contributed by atoms with E-state index in [1.165, 1.54) is 0 Å². The summed E-state index contributed by atoms with van der Waals surface area (Å²) in [5.74, 6) is 0. The Morgan fingerprint density at radius 1 is 1.14 bits per heavy atom. The minimum Gasteiger partial charge on any atom is -0.311 e. The second-order valence-corrected chi connectivity index (χ2v) is 6.04. The molecule has 0 aliphatic carbocycles. The van der Waals surface area contributed by atoms with E-state index < -0.39 is 0 Å². The summed E-state index contributed by atoms with van der Waals surface area (Å²) in [4.78, 5) is 14.4. The minimum atomic E-state index is -0.385. The first-order chi connectivity index (χ1) is 10.2. The standard InChI is InChI=1S/C17H15ClN2O/c18-13-7-8-15-14(11-13)17(12-5-2-1-3-6-12)9-4-10-20(17)16(21)19-15/h1-3,5-8,11H,4,9-10H2,(H,19,21). The van der Waals surface area contributed by atoms with Crippen LogP contribution in [0.4, 0.5) is 10.5 Å². The highest BCUT2D eigenvalue weighted by molar-refractivity contribution is 6.30. The van der Waals surface area contributed by atoms with Crippen molar-refractivity contribution in [2.24, 2.45) is 0 Å². The maximum absolute atomic E-state index is 12.5. The molecule has 1 atom stereocenters. The lowest BCUT2D eigenvalue weighted by molar-refractivity contribution is 0.175. The van der Waals surface area contributed by atoms with Crippen LogP contribution >= 0.6 is 11.6 Å². The molecule has 4 heteroatoms. The Labute approximate surface area is 128 Å². The number of rotatable bonds is 1. The Bertz CT molecular complexity index is 716. The first-order valence-corrected chi connectivity index (χ1v) is 7.54. The molecule has 2 aliphatic rings. The van der Waals surface area contributed by atoms with E-state index in [0.717, 1.165) is 36.2 Å². The third-order valence-electron chi connectivity index (χ3n) is 4.55. The van der Waals surface area contributed by atoms with Crippen molar-refractivity contribution < 1.29 is 4.79 Å². The van der Waals surface area contributed by atoms with Gasteiger partial charge in [0.05, 0.1) is 5.54 Å². The first kappa shape index (κ1) is 12.7. The summed E-state index contributed by atoms with van der Waals surface area (Å²) >= 11 is 6.22. The lowest BCUT2D eigenvalue weighted by Gasteiger charge is -2.44. The van der Waals surface area contributed by atoms with Crippen molar-refractivity contribution >= 4 is 23.3 Å². The second kappa shape index (κ2) is 4.50. The molecule has 0 saturated carbocycles. The molecule has 2 amide bonds. The predicted molar refractivity (Wildman–Crippen MR) is 83.6 cm³/mol. The van der Waals surface area contributed by atoms with Gasteiger partial charge >= 0.3 is 6.03 Å². The highest BCUT2D eigenvalue weighted by Crippen LogP contribution is 2.50. The molecule has 1 fully saturated rings. The molecule has 4 rings (SSSR count). The molecule has 1 unspecified atom stereocenters. The quantitative estimate of drug-likeness (QED) is 0.840. The fraction of sp³-hybridized carbons (Fsp3) is 0.235. The van der Waals surface area contributed by atoms with E-state index in [-0.39, 0.29) is 11.6 Å². The number of urea groups is 1. The van der Waals surface area contributed by atoms with Crippen LogP contribution in [0.3, 0.4) is 0 Å². The summed E-state index contributed by atoms with van der Waals surface area (Å²) in [5, 5.41) is 3.68. The van der Waals surface area contributed by atoms with Gasteiger partial charge in [0.1, 0.15) is 0 Å². The van der Waals surface area contributed by atoms with Crippen molar-refractivity contribution in [1.82, 2.24) is 4.90 Å². The van der Waals surface area contributed by atoms with Gasteiger partial charge in [0, 0.05) is 22.8 Å². The Morgan fingerprint density at radius 3 is 2.76 bits per heavy atom. The van der Waals surface area contributed by atoms with E-state index in [2.05, 4.69) is 17.4 Å². The highest BCUT2D eigenvalue weighted by atomic mass is 35.5. The molecule has 1 N–H and O–H groups in total. The molecule has 2 aromatic rings. The molecule has 0 radical (unpaired) electrons. The number of carbonyl (C=O) groups excluding carboxylic acids is 1. The summed E-state index contributed by atoms with van der Waals surface area (Å²) in [6.45, 7) is 0.771. The van der Waals surface area contributed by atoms with Crippen molar-refractivity contribution in [1.29, 1.82) is 0 Å². The van der Waals surface area contributed by atoms with Gasteiger partial charge in [-0.25, -0.2) is 4.79 Å². The van der Waals surface area contributed by atoms with E-state index >= 15 is 0 Å². The van der Waals surface area contributed by atoms with Crippen LogP contribution in [-0.4, -0.2) is 17.5 Å². The van der Waals surface area contributed by atoms with Gasteiger partial charge in [0.25, 0.3) is 0 Å². The lowest BCUT2D eigenvalue weighted by atomic mass is 9.78. The largest absolute Gasteiger partial charge is 0.322 e. The summed E-state index contributed by atoms with van der Waals surface area (Å²) < 4.78 is 0. The number of hydrogen-bond donors (Lipinski definition) is 1. The van der Waals surface area contributed by atoms with Gasteiger partial charge in [-0.3, -0.25) is 0 Å². The summed E-state index contributed by atoms with van der Waals surface area (Å²) in [6, 6.07) is 15.9. The zero-order valence-electron chi connectivity index (χ0n) is 11.5. The Hall–Kier alpha value is -2.00. The highest BCUT2D eigenvalue weighted by Gasteiger charge is 2.50. The molecule has 1 saturated heterocycles. The van der Waals surface area contributed by atoms with Gasteiger partial charge in [-0.2, -0.15) is 0 Å². The number of nitrogens with one attached hydrogen (secondary N) is 1. The van der Waals surface area contributed by atoms with Crippen LogP contribution in [-0.2, 0) is 5.54 Å². The average molecular weight is 299 g/mol. The van der Waals surface area contributed by atoms with E-state index in [9.17, 15) is 4.79 Å². The van der Waals surface area contributed by atoms with E-state index in [4.69, 9.17) is 11.6 Å². The number of carbonyl (C=O) groups is 1. The Balaban J connectivity index is 2.02. The van der Waals surface area contributed by atoms with Crippen LogP contribution in [0.25, 0.3) is 0 Å². The van der Waals surface area contributed by atoms with Gasteiger partial charge in [-0.15, -0.1) is 0 Å². The van der Waals surface area contributed by atoms with Crippen molar-refractivity contribution in [2.45, 2.75) is 18.4 Å². The maximum atomic E-state index is 12.5. The number of hydrogen-bond acceptors (Lipinski definition) is 1. The molecule has 0 bridgehead atoms. The van der Waals surface area contributed by atoms with Gasteiger partial charge in [-0.1, -0.05) is 41.9 Å². The van der Waals surface area contributed by atoms with Crippen LogP contribution in [0.15, 0.2) is 48.5 Å². The van der Waals surface area contributed by atoms with Crippen LogP contribution in [0.5, 0.6) is 0 Å². The molecular formula is C17H15ClN2O. The SMILES string of the molecule is O=C1Nc2ccc(Cl)cc2C2(c3ccccc3)CCCN12. The zero-order valence-corrected chi connectivity index (χ0v) is 12.2. The zero-order chi connectivity index (χ0) is 14.4. The molecule has 2 aromatic carbocycles. The lowest BCUT2D eigenvalue weighted by Crippen LogP contribution is -2.51. The molecule has 106 valence electrons. The first-order valence-electron chi connectivity index (χ1n) is 7.16. The van der Waals surface area contributed by atoms with Crippen molar-refractivity contribution in [2.75, 3.05) is 11.9 Å². The van der Waals surface area contributed by atoms with Gasteiger partial charge in [0.15, 0.2) is 0 Å². The third kappa shape index (κ3) is 1.70. The predicted octanol–water partition coefficient (Wildman–Crippen LogP) is 4.22. The number of nitrogens with zero attached hydrogens (tertiary/aromatic N) is 1. The van der Waals surface area contributed by atoms with Gasteiger partial charge in [0.2, 0.25) is 0 Å². The third-order valence-corrected chi connectivity index (χ3v) is 4.78. The van der Waals surface area contributed by atoms with Crippen LogP contribution in [0, 0.1) is 0 Å². The van der Waals surface area contributed by atoms with Crippen LogP contribution in [0.2, 0.25) is 5.02 Å². The molecule has 21 heavy (non-hydrogen) atoms. The van der Waals surface area contributed by atoms with Crippen LogP contribution in [0.1, 0.15) is 24.0 Å². The number of halogens is 1. The second-order valence-electron chi connectivity index (χ2n) is 5.60. The summed E-state index contributed by atoms with van der Waals surface area (Å²) in [5.41, 5.74) is 2.73. The maximum Gasteiger partial charge on any atom is 0.322 e. The number of benzene rings is 2. The Morgan fingerprint density at radius 2 is 1.95 bits per heavy atom. The summed E-state index contributed by atoms with van der Waals surface area (Å²) in [6.07, 6.45) is 1.92. The minimum absolute atomic E-state index is 0.0221. The molecule has 0 spiro atoms. The normalized spacial score (nSPS) is 23.5. The fourth-order valence-electron chi connectivity index (χ4n) is 3.69. The molecule has 0 aromatic heterocycles. The van der Waals surface area contributed by atoms with Crippen molar-refractivity contribution in [3.05, 3.63) is 64.7 Å². The van der Waals surface area contributed by atoms with Gasteiger partial charge < -0.3 is 10.2 Å². The van der Waals surface area contributed by atoms with E-state index in [1.54, 1.807) is 0 Å². The summed E-state index contributed by atoms with van der Waals surface area (Å²) in [7, 11) is 0. The Kier molecular flexibility index (Phi) is 2.73. The van der Waals surface area contributed by atoms with Crippen LogP contribution < -0.4 is 5.32 Å².